The average molecular weight is 249 g/mol. The summed E-state index contributed by atoms with van der Waals surface area (Å²) < 4.78 is 5.43. The van der Waals surface area contributed by atoms with E-state index in [2.05, 4.69) is 19.1 Å². The van der Waals surface area contributed by atoms with Crippen molar-refractivity contribution in [1.82, 2.24) is 0 Å². The van der Waals surface area contributed by atoms with Gasteiger partial charge in [0, 0.05) is 6.04 Å². The largest absolute Gasteiger partial charge is 0.494 e. The van der Waals surface area contributed by atoms with E-state index in [0.717, 1.165) is 12.2 Å². The molecule has 1 unspecified atom stereocenters. The SMILES string of the molecule is CCCCCCCC(N)c1ccc(OCC)cc1. The summed E-state index contributed by atoms with van der Waals surface area (Å²) in [6.45, 7) is 4.95. The molecular formula is C16H27NO. The van der Waals surface area contributed by atoms with Gasteiger partial charge in [-0.25, -0.2) is 0 Å². The number of benzene rings is 1. The fourth-order valence-corrected chi connectivity index (χ4v) is 2.11. The summed E-state index contributed by atoms with van der Waals surface area (Å²) in [5.41, 5.74) is 7.41. The van der Waals surface area contributed by atoms with E-state index in [-0.39, 0.29) is 6.04 Å². The van der Waals surface area contributed by atoms with Crippen LogP contribution in [0.25, 0.3) is 0 Å². The van der Waals surface area contributed by atoms with Gasteiger partial charge in [0.2, 0.25) is 0 Å². The van der Waals surface area contributed by atoms with Gasteiger partial charge >= 0.3 is 0 Å². The van der Waals surface area contributed by atoms with Crippen molar-refractivity contribution in [2.45, 2.75) is 58.4 Å². The molecule has 0 bridgehead atoms. The van der Waals surface area contributed by atoms with E-state index in [4.69, 9.17) is 10.5 Å². The molecule has 0 radical (unpaired) electrons. The lowest BCUT2D eigenvalue weighted by Crippen LogP contribution is -2.10. The van der Waals surface area contributed by atoms with Crippen molar-refractivity contribution in [1.29, 1.82) is 0 Å². The van der Waals surface area contributed by atoms with Crippen LogP contribution in [0.4, 0.5) is 0 Å². The maximum atomic E-state index is 6.19. The molecule has 2 nitrogen and oxygen atoms in total. The molecule has 1 atom stereocenters. The quantitative estimate of drug-likeness (QED) is 0.656. The fraction of sp³-hybridized carbons (Fsp3) is 0.625. The van der Waals surface area contributed by atoms with Crippen molar-refractivity contribution >= 4 is 0 Å². The second-order valence-electron chi connectivity index (χ2n) is 4.81. The van der Waals surface area contributed by atoms with Gasteiger partial charge in [0.15, 0.2) is 0 Å². The summed E-state index contributed by atoms with van der Waals surface area (Å²) in [7, 11) is 0. The van der Waals surface area contributed by atoms with Gasteiger partial charge in [-0.3, -0.25) is 0 Å². The van der Waals surface area contributed by atoms with Gasteiger partial charge in [0.05, 0.1) is 6.61 Å². The van der Waals surface area contributed by atoms with Crippen LogP contribution in [0.1, 0.15) is 64.0 Å². The maximum absolute atomic E-state index is 6.19. The first kappa shape index (κ1) is 15.0. The predicted molar refractivity (Wildman–Crippen MR) is 77.9 cm³/mol. The fourth-order valence-electron chi connectivity index (χ4n) is 2.11. The van der Waals surface area contributed by atoms with E-state index in [1.807, 2.05) is 19.1 Å². The van der Waals surface area contributed by atoms with Gasteiger partial charge in [-0.15, -0.1) is 0 Å². The normalized spacial score (nSPS) is 12.4. The lowest BCUT2D eigenvalue weighted by atomic mass is 10.0. The Labute approximate surface area is 112 Å². The lowest BCUT2D eigenvalue weighted by molar-refractivity contribution is 0.340. The van der Waals surface area contributed by atoms with Crippen LogP contribution in [0.3, 0.4) is 0 Å². The Morgan fingerprint density at radius 1 is 1.00 bits per heavy atom. The Bertz CT molecular complexity index is 307. The van der Waals surface area contributed by atoms with Crippen LogP contribution < -0.4 is 10.5 Å². The molecule has 0 saturated heterocycles. The zero-order valence-corrected chi connectivity index (χ0v) is 11.8. The third kappa shape index (κ3) is 5.54. The molecule has 1 rings (SSSR count). The zero-order valence-electron chi connectivity index (χ0n) is 11.8. The van der Waals surface area contributed by atoms with Crippen LogP contribution in [0.5, 0.6) is 5.75 Å². The van der Waals surface area contributed by atoms with Gasteiger partial charge < -0.3 is 10.5 Å². The molecular weight excluding hydrogens is 222 g/mol. The van der Waals surface area contributed by atoms with Crippen molar-refractivity contribution in [3.05, 3.63) is 29.8 Å². The second kappa shape index (κ2) is 8.98. The van der Waals surface area contributed by atoms with Crippen LogP contribution in [-0.4, -0.2) is 6.61 Å². The molecule has 0 aromatic heterocycles. The Morgan fingerprint density at radius 3 is 2.28 bits per heavy atom. The average Bonchev–Trinajstić information content (AvgIpc) is 2.39. The maximum Gasteiger partial charge on any atom is 0.119 e. The number of unbranched alkanes of at least 4 members (excludes halogenated alkanes) is 4. The zero-order chi connectivity index (χ0) is 13.2. The molecule has 18 heavy (non-hydrogen) atoms. The molecule has 0 aliphatic heterocycles. The first-order valence-electron chi connectivity index (χ1n) is 7.26. The van der Waals surface area contributed by atoms with Gasteiger partial charge in [0.25, 0.3) is 0 Å². The Morgan fingerprint density at radius 2 is 1.67 bits per heavy atom. The second-order valence-corrected chi connectivity index (χ2v) is 4.81. The molecule has 2 N–H and O–H groups in total. The molecule has 0 spiro atoms. The molecule has 0 heterocycles. The van der Waals surface area contributed by atoms with Crippen molar-refractivity contribution in [3.63, 3.8) is 0 Å². The van der Waals surface area contributed by atoms with E-state index in [9.17, 15) is 0 Å². The third-order valence-corrected chi connectivity index (χ3v) is 3.24. The summed E-state index contributed by atoms with van der Waals surface area (Å²) in [5, 5.41) is 0. The van der Waals surface area contributed by atoms with Crippen molar-refractivity contribution in [3.8, 4) is 5.75 Å². The van der Waals surface area contributed by atoms with Crippen LogP contribution in [0.2, 0.25) is 0 Å². The highest BCUT2D eigenvalue weighted by Crippen LogP contribution is 2.20. The van der Waals surface area contributed by atoms with Gasteiger partial charge in [-0.05, 0) is 31.0 Å². The first-order valence-corrected chi connectivity index (χ1v) is 7.26. The molecule has 0 aliphatic rings. The smallest absolute Gasteiger partial charge is 0.119 e. The number of ether oxygens (including phenoxy) is 1. The minimum absolute atomic E-state index is 0.169. The van der Waals surface area contributed by atoms with Crippen LogP contribution in [0, 0.1) is 0 Å². The first-order chi connectivity index (χ1) is 8.77. The summed E-state index contributed by atoms with van der Waals surface area (Å²) >= 11 is 0. The van der Waals surface area contributed by atoms with Crippen molar-refractivity contribution in [2.24, 2.45) is 5.73 Å². The minimum Gasteiger partial charge on any atom is -0.494 e. The topological polar surface area (TPSA) is 35.2 Å². The van der Waals surface area contributed by atoms with E-state index in [0.29, 0.717) is 6.61 Å². The third-order valence-electron chi connectivity index (χ3n) is 3.24. The Balaban J connectivity index is 2.30. The van der Waals surface area contributed by atoms with Gasteiger partial charge in [-0.2, -0.15) is 0 Å². The van der Waals surface area contributed by atoms with Crippen molar-refractivity contribution in [2.75, 3.05) is 6.61 Å². The summed E-state index contributed by atoms with van der Waals surface area (Å²) in [6, 6.07) is 8.36. The standard InChI is InChI=1S/C16H27NO/c1-3-5-6-7-8-9-16(17)14-10-12-15(13-11-14)18-4-2/h10-13,16H,3-9,17H2,1-2H3. The Kier molecular flexibility index (Phi) is 7.51. The highest BCUT2D eigenvalue weighted by Gasteiger charge is 2.05. The van der Waals surface area contributed by atoms with E-state index < -0.39 is 0 Å². The minimum atomic E-state index is 0.169. The highest BCUT2D eigenvalue weighted by molar-refractivity contribution is 5.28. The number of hydrogen-bond acceptors (Lipinski definition) is 2. The molecule has 1 aromatic carbocycles. The number of rotatable bonds is 9. The van der Waals surface area contributed by atoms with E-state index in [1.165, 1.54) is 37.7 Å². The van der Waals surface area contributed by atoms with Crippen molar-refractivity contribution < 1.29 is 4.74 Å². The predicted octanol–water partition coefficient (Wildman–Crippen LogP) is 4.45. The van der Waals surface area contributed by atoms with Gasteiger partial charge in [0.1, 0.15) is 5.75 Å². The van der Waals surface area contributed by atoms with Crippen LogP contribution >= 0.6 is 0 Å². The Hall–Kier alpha value is -1.02. The van der Waals surface area contributed by atoms with Crippen LogP contribution in [0.15, 0.2) is 24.3 Å². The number of hydrogen-bond donors (Lipinski definition) is 1. The highest BCUT2D eigenvalue weighted by atomic mass is 16.5. The van der Waals surface area contributed by atoms with E-state index >= 15 is 0 Å². The molecule has 0 aliphatic carbocycles. The summed E-state index contributed by atoms with van der Waals surface area (Å²) in [5.74, 6) is 0.927. The molecule has 102 valence electrons. The molecule has 2 heteroatoms. The van der Waals surface area contributed by atoms with E-state index in [1.54, 1.807) is 0 Å². The lowest BCUT2D eigenvalue weighted by Gasteiger charge is -2.12. The number of nitrogens with two attached hydrogens (primary N) is 1. The van der Waals surface area contributed by atoms with Crippen LogP contribution in [-0.2, 0) is 0 Å². The van der Waals surface area contributed by atoms with Gasteiger partial charge in [-0.1, -0.05) is 51.2 Å². The molecule has 0 fully saturated rings. The molecule has 0 saturated carbocycles. The summed E-state index contributed by atoms with van der Waals surface area (Å²) in [6.07, 6.45) is 7.60. The summed E-state index contributed by atoms with van der Waals surface area (Å²) in [4.78, 5) is 0. The monoisotopic (exact) mass is 249 g/mol. The molecule has 0 amide bonds. The molecule has 1 aromatic rings.